The van der Waals surface area contributed by atoms with E-state index in [9.17, 15) is 9.59 Å². The van der Waals surface area contributed by atoms with E-state index in [1.807, 2.05) is 0 Å². The Bertz CT molecular complexity index is 336. The molecule has 2 aliphatic rings. The Kier molecular flexibility index (Phi) is 5.68. The van der Waals surface area contributed by atoms with Gasteiger partial charge in [0.1, 0.15) is 6.54 Å². The minimum Gasteiger partial charge on any atom is -0.480 e. The molecule has 114 valence electrons. The first kappa shape index (κ1) is 15.1. The third-order valence-electron chi connectivity index (χ3n) is 4.34. The van der Waals surface area contributed by atoms with Crippen LogP contribution in [0.25, 0.3) is 0 Å². The average molecular weight is 282 g/mol. The van der Waals surface area contributed by atoms with Crippen LogP contribution in [0.5, 0.6) is 0 Å². The number of carbonyl (C=O) groups is 2. The van der Waals surface area contributed by atoms with Gasteiger partial charge in [-0.15, -0.1) is 0 Å². The summed E-state index contributed by atoms with van der Waals surface area (Å²) in [4.78, 5) is 24.3. The second-order valence-electron chi connectivity index (χ2n) is 6.24. The monoisotopic (exact) mass is 282 g/mol. The van der Waals surface area contributed by atoms with Crippen LogP contribution < -0.4 is 5.32 Å². The van der Waals surface area contributed by atoms with Crippen LogP contribution in [0.2, 0.25) is 0 Å². The fourth-order valence-corrected chi connectivity index (χ4v) is 2.97. The highest BCUT2D eigenvalue weighted by Crippen LogP contribution is 2.29. The van der Waals surface area contributed by atoms with Crippen molar-refractivity contribution in [3.8, 4) is 0 Å². The predicted octanol–water partition coefficient (Wildman–Crippen LogP) is 2.46. The summed E-state index contributed by atoms with van der Waals surface area (Å²) in [6.07, 6.45) is 9.77. The second-order valence-corrected chi connectivity index (χ2v) is 6.24. The number of nitrogens with zero attached hydrogens (tertiary/aromatic N) is 1. The summed E-state index contributed by atoms with van der Waals surface area (Å²) in [6, 6.07) is -0.213. The highest BCUT2D eigenvalue weighted by Gasteiger charge is 2.27. The lowest BCUT2D eigenvalue weighted by molar-refractivity contribution is -0.137. The number of carboxylic acids is 1. The largest absolute Gasteiger partial charge is 0.480 e. The Hall–Kier alpha value is -1.26. The van der Waals surface area contributed by atoms with Gasteiger partial charge in [0.05, 0.1) is 0 Å². The summed E-state index contributed by atoms with van der Waals surface area (Å²) in [5.41, 5.74) is 0. The molecular weight excluding hydrogens is 256 g/mol. The van der Waals surface area contributed by atoms with Crippen LogP contribution in [-0.4, -0.2) is 41.6 Å². The molecule has 0 radical (unpaired) electrons. The Morgan fingerprint density at radius 3 is 2.35 bits per heavy atom. The van der Waals surface area contributed by atoms with Crippen molar-refractivity contribution in [3.63, 3.8) is 0 Å². The standard InChI is InChI=1S/C15H26N2O3/c18-14(19)11-17(10-13-6-7-13)15(20)16-9-8-12-4-2-1-3-5-12/h12-13H,1-11H2,(H,16,20)(H,18,19). The van der Waals surface area contributed by atoms with E-state index in [2.05, 4.69) is 5.32 Å². The van der Waals surface area contributed by atoms with Crippen molar-refractivity contribution in [1.29, 1.82) is 0 Å². The third-order valence-corrected chi connectivity index (χ3v) is 4.34. The number of aliphatic carboxylic acids is 1. The molecule has 5 nitrogen and oxygen atoms in total. The van der Waals surface area contributed by atoms with E-state index >= 15 is 0 Å². The number of rotatable bonds is 7. The van der Waals surface area contributed by atoms with E-state index in [1.54, 1.807) is 0 Å². The van der Waals surface area contributed by atoms with Gasteiger partial charge in [0, 0.05) is 13.1 Å². The molecule has 0 unspecified atom stereocenters. The highest BCUT2D eigenvalue weighted by molar-refractivity contribution is 5.80. The maximum Gasteiger partial charge on any atom is 0.323 e. The van der Waals surface area contributed by atoms with Crippen molar-refractivity contribution in [1.82, 2.24) is 10.2 Å². The van der Waals surface area contributed by atoms with E-state index in [4.69, 9.17) is 5.11 Å². The Morgan fingerprint density at radius 2 is 1.75 bits per heavy atom. The molecule has 2 saturated carbocycles. The summed E-state index contributed by atoms with van der Waals surface area (Å²) in [5, 5.41) is 11.8. The van der Waals surface area contributed by atoms with Crippen molar-refractivity contribution in [2.24, 2.45) is 11.8 Å². The van der Waals surface area contributed by atoms with Crippen LogP contribution in [0.1, 0.15) is 51.4 Å². The SMILES string of the molecule is O=C(O)CN(CC1CC1)C(=O)NCCC1CCCCC1. The number of nitrogens with one attached hydrogen (secondary N) is 1. The molecule has 5 heteroatoms. The summed E-state index contributed by atoms with van der Waals surface area (Å²) in [5.74, 6) is 0.312. The molecule has 20 heavy (non-hydrogen) atoms. The molecule has 0 aliphatic heterocycles. The number of hydrogen-bond acceptors (Lipinski definition) is 2. The summed E-state index contributed by atoms with van der Waals surface area (Å²) in [7, 11) is 0. The Balaban J connectivity index is 1.68. The van der Waals surface area contributed by atoms with Crippen LogP contribution in [0.4, 0.5) is 4.79 Å². The van der Waals surface area contributed by atoms with Gasteiger partial charge in [0.15, 0.2) is 0 Å². The highest BCUT2D eigenvalue weighted by atomic mass is 16.4. The molecule has 2 N–H and O–H groups in total. The molecule has 0 aromatic carbocycles. The topological polar surface area (TPSA) is 69.6 Å². The first-order valence-corrected chi connectivity index (χ1v) is 7.89. The lowest BCUT2D eigenvalue weighted by Gasteiger charge is -2.24. The van der Waals surface area contributed by atoms with Gasteiger partial charge in [-0.05, 0) is 31.1 Å². The van der Waals surface area contributed by atoms with E-state index in [0.717, 1.165) is 25.2 Å². The molecule has 0 saturated heterocycles. The van der Waals surface area contributed by atoms with Crippen LogP contribution in [0, 0.1) is 11.8 Å². The van der Waals surface area contributed by atoms with E-state index in [-0.39, 0.29) is 12.6 Å². The molecule has 0 heterocycles. The van der Waals surface area contributed by atoms with Crippen LogP contribution in [0.15, 0.2) is 0 Å². The molecule has 0 atom stereocenters. The van der Waals surface area contributed by atoms with Crippen molar-refractivity contribution in [2.75, 3.05) is 19.6 Å². The zero-order chi connectivity index (χ0) is 14.4. The van der Waals surface area contributed by atoms with Crippen molar-refractivity contribution >= 4 is 12.0 Å². The minimum atomic E-state index is -0.937. The minimum absolute atomic E-state index is 0.189. The maximum atomic E-state index is 12.0. The van der Waals surface area contributed by atoms with E-state index in [0.29, 0.717) is 19.0 Å². The lowest BCUT2D eigenvalue weighted by Crippen LogP contribution is -2.44. The van der Waals surface area contributed by atoms with Crippen LogP contribution >= 0.6 is 0 Å². The molecule has 2 fully saturated rings. The first-order valence-electron chi connectivity index (χ1n) is 7.89. The van der Waals surface area contributed by atoms with Crippen molar-refractivity contribution in [2.45, 2.75) is 51.4 Å². The fraction of sp³-hybridized carbons (Fsp3) is 0.867. The molecule has 0 aromatic rings. The summed E-state index contributed by atoms with van der Waals surface area (Å²) in [6.45, 7) is 1.07. The van der Waals surface area contributed by atoms with Gasteiger partial charge < -0.3 is 15.3 Å². The quantitative estimate of drug-likeness (QED) is 0.753. The summed E-state index contributed by atoms with van der Waals surface area (Å²) >= 11 is 0. The Morgan fingerprint density at radius 1 is 1.05 bits per heavy atom. The number of carbonyl (C=O) groups excluding carboxylic acids is 1. The fourth-order valence-electron chi connectivity index (χ4n) is 2.97. The van der Waals surface area contributed by atoms with Gasteiger partial charge >= 0.3 is 12.0 Å². The molecular formula is C15H26N2O3. The zero-order valence-corrected chi connectivity index (χ0v) is 12.1. The first-order chi connectivity index (χ1) is 9.65. The normalized spacial score (nSPS) is 19.6. The lowest BCUT2D eigenvalue weighted by atomic mass is 9.87. The van der Waals surface area contributed by atoms with Gasteiger partial charge in [-0.1, -0.05) is 32.1 Å². The van der Waals surface area contributed by atoms with Crippen molar-refractivity contribution in [3.05, 3.63) is 0 Å². The van der Waals surface area contributed by atoms with Gasteiger partial charge in [-0.3, -0.25) is 4.79 Å². The van der Waals surface area contributed by atoms with Crippen LogP contribution in [-0.2, 0) is 4.79 Å². The molecule has 0 bridgehead atoms. The molecule has 2 aliphatic carbocycles. The number of hydrogen-bond donors (Lipinski definition) is 2. The molecule has 2 rings (SSSR count). The number of amides is 2. The average Bonchev–Trinajstić information content (AvgIpc) is 3.22. The van der Waals surface area contributed by atoms with E-state index < -0.39 is 5.97 Å². The van der Waals surface area contributed by atoms with Gasteiger partial charge in [-0.25, -0.2) is 4.79 Å². The molecule has 0 aromatic heterocycles. The smallest absolute Gasteiger partial charge is 0.323 e. The molecule has 0 spiro atoms. The zero-order valence-electron chi connectivity index (χ0n) is 12.1. The van der Waals surface area contributed by atoms with Gasteiger partial charge in [0.2, 0.25) is 0 Å². The predicted molar refractivity (Wildman–Crippen MR) is 76.5 cm³/mol. The number of carboxylic acid groups (broad SMARTS) is 1. The van der Waals surface area contributed by atoms with Crippen LogP contribution in [0.3, 0.4) is 0 Å². The van der Waals surface area contributed by atoms with Gasteiger partial charge in [-0.2, -0.15) is 0 Å². The third kappa shape index (κ3) is 5.39. The summed E-state index contributed by atoms with van der Waals surface area (Å²) < 4.78 is 0. The number of urea groups is 1. The molecule has 2 amide bonds. The van der Waals surface area contributed by atoms with Gasteiger partial charge in [0.25, 0.3) is 0 Å². The Labute approximate surface area is 120 Å². The second kappa shape index (κ2) is 7.50. The van der Waals surface area contributed by atoms with E-state index in [1.165, 1.54) is 37.0 Å². The maximum absolute atomic E-state index is 12.0. The van der Waals surface area contributed by atoms with Crippen molar-refractivity contribution < 1.29 is 14.7 Å².